The highest BCUT2D eigenvalue weighted by molar-refractivity contribution is 7.28. The highest BCUT2D eigenvalue weighted by Gasteiger charge is 2.29. The largest absolute Gasteiger partial charge is 0.309 e. The number of hydrogen-bond acceptors (Lipinski definition) is 8. The Hall–Kier alpha value is -18.4. The van der Waals surface area contributed by atoms with Gasteiger partial charge in [0.1, 0.15) is 0 Å². The van der Waals surface area contributed by atoms with E-state index in [0.29, 0.717) is 5.95 Å². The minimum Gasteiger partial charge on any atom is -0.309 e. The van der Waals surface area contributed by atoms with Crippen LogP contribution in [-0.4, -0.2) is 38.2 Å². The van der Waals surface area contributed by atoms with Crippen molar-refractivity contribution < 1.29 is 0 Å². The fourth-order valence-electron chi connectivity index (χ4n) is 23.8. The number of hydrogen-bond donors (Lipinski definition) is 0. The van der Waals surface area contributed by atoms with E-state index < -0.39 is 0 Å². The first kappa shape index (κ1) is 84.1. The Balaban J connectivity index is 0.000000101. The highest BCUT2D eigenvalue weighted by Crippen LogP contribution is 2.54. The molecule has 33 aromatic rings. The molecular weight excluding hydrogens is 1870 g/mol. The summed E-state index contributed by atoms with van der Waals surface area (Å²) in [5, 5.41) is 32.0. The highest BCUT2D eigenvalue weighted by atomic mass is 32.1. The molecule has 0 saturated heterocycles. The number of para-hydroxylation sites is 5. The molecule has 0 radical (unpaired) electrons. The molecule has 23 aromatic carbocycles. The maximum Gasteiger partial charge on any atom is 0.235 e. The van der Waals surface area contributed by atoms with Crippen molar-refractivity contribution in [3.05, 3.63) is 485 Å². The Morgan fingerprint density at radius 1 is 0.169 bits per heavy atom. The number of fused-ring (bicyclic) bond motifs is 38. The average molecular weight is 1950 g/mol. The van der Waals surface area contributed by atoms with Crippen molar-refractivity contribution >= 4 is 267 Å². The monoisotopic (exact) mass is 1950 g/mol. The lowest BCUT2D eigenvalue weighted by Gasteiger charge is -2.14. The van der Waals surface area contributed by atoms with E-state index in [1.54, 1.807) is 0 Å². The molecule has 33 rings (SSSR count). The van der Waals surface area contributed by atoms with Gasteiger partial charge >= 0.3 is 0 Å². The van der Waals surface area contributed by atoms with Crippen molar-refractivity contribution in [1.82, 2.24) is 38.2 Å². The van der Waals surface area contributed by atoms with Crippen LogP contribution >= 0.6 is 45.3 Å². The molecule has 8 nitrogen and oxygen atoms in total. The molecule has 10 heterocycles. The molecule has 12 heteroatoms. The average Bonchev–Trinajstić information content (AvgIpc) is 1.54. The molecule has 0 bridgehead atoms. The van der Waals surface area contributed by atoms with Gasteiger partial charge in [0.05, 0.1) is 80.8 Å². The minimum absolute atomic E-state index is 0.678. The van der Waals surface area contributed by atoms with Crippen LogP contribution < -0.4 is 0 Å². The number of rotatable bonds is 9. The van der Waals surface area contributed by atoms with Crippen molar-refractivity contribution in [1.29, 1.82) is 0 Å². The van der Waals surface area contributed by atoms with Gasteiger partial charge < -0.3 is 13.7 Å². The Bertz CT molecular complexity index is 11100. The van der Waals surface area contributed by atoms with Crippen molar-refractivity contribution in [3.63, 3.8) is 0 Å². The quantitative estimate of drug-likeness (QED) is 0.144. The Kier molecular flexibility index (Phi) is 19.1. The molecule has 0 saturated carbocycles. The maximum atomic E-state index is 5.50. The SMILES string of the molecule is c1cc(-n2c3ccccc3c3c4ccccc4c4c5ccccc5sc4c32)cc(-n2c3ccccc3c3c4ccccc4c4c5ccccc5sc4c32)c1.c1ccc(-c2cc(-c3ccc(-n4c5ccccc5c5cc6c(cc54)sc4ccccc46)cc3)nc(-c3ccccc3)n2)cc1.c1ccc(-c2ccc3ccc(-c4nc(-n5c6ccccc6c6c7ccccc7c7c8ccccc8sc7c65)nc5ccccc45)cc3c2)cc1. The zero-order valence-electron chi connectivity index (χ0n) is 79.4. The zero-order chi connectivity index (χ0) is 96.9. The van der Waals surface area contributed by atoms with Crippen LogP contribution in [0.15, 0.2) is 485 Å². The van der Waals surface area contributed by atoms with Gasteiger partial charge in [0.15, 0.2) is 5.82 Å². The van der Waals surface area contributed by atoms with Gasteiger partial charge in [0.25, 0.3) is 0 Å². The molecule has 0 N–H and O–H groups in total. The lowest BCUT2D eigenvalue weighted by Crippen LogP contribution is -2.03. The fourth-order valence-corrected chi connectivity index (χ4v) is 28.7. The smallest absolute Gasteiger partial charge is 0.235 e. The van der Waals surface area contributed by atoms with Crippen LogP contribution in [0.5, 0.6) is 0 Å². The first-order valence-corrected chi connectivity index (χ1v) is 53.4. The summed E-state index contributed by atoms with van der Waals surface area (Å²) in [6.45, 7) is 0. The summed E-state index contributed by atoms with van der Waals surface area (Å²) in [4.78, 5) is 20.8. The van der Waals surface area contributed by atoms with Crippen molar-refractivity contribution in [2.24, 2.45) is 0 Å². The van der Waals surface area contributed by atoms with E-state index in [4.69, 9.17) is 19.9 Å². The number of nitrogens with zero attached hydrogens (tertiary/aromatic N) is 8. The van der Waals surface area contributed by atoms with Gasteiger partial charge in [-0.3, -0.25) is 4.57 Å². The molecule has 0 spiro atoms. The van der Waals surface area contributed by atoms with E-state index in [1.807, 2.05) is 81.7 Å². The molecule has 0 fully saturated rings. The molecule has 0 amide bonds. The van der Waals surface area contributed by atoms with Gasteiger partial charge in [-0.15, -0.1) is 45.3 Å². The minimum atomic E-state index is 0.678. The van der Waals surface area contributed by atoms with Crippen LogP contribution in [0.3, 0.4) is 0 Å². The Labute approximate surface area is 863 Å². The molecule has 0 aliphatic rings. The zero-order valence-corrected chi connectivity index (χ0v) is 82.7. The van der Waals surface area contributed by atoms with Crippen molar-refractivity contribution in [3.8, 4) is 79.3 Å². The van der Waals surface area contributed by atoms with Gasteiger partial charge in [-0.2, -0.15) is 0 Å². The standard InChI is InChI=1S/C50H28N2S2.C46H27N3S.C40H25N3S/c1-3-18-33-31(16-1)43-35-20-5-9-24-39(35)51(47(43)49-45(33)37-22-7-11-26-41(37)53-49)29-14-13-15-30(28-29)52-40-25-10-6-21-36(40)44-32-17-2-4-19-34(32)46-38-23-8-12-27-42(38)54-50(46)48(44)52;1-2-12-28(13-3-1)30-24-22-29-23-25-31(27-32(29)26-30)43-35-16-6-9-19-38(35)47-46(48-43)49-39-20-10-7-17-36(39)41-33-14-4-5-15-34(33)42-37-18-8-11-21-40(37)50-45(42)44(41)49;1-3-11-26(12-4-1)34-24-35(42-40(41-34)28-13-5-2-6-14-28)27-19-21-29(22-20-27)43-36-17-9-7-15-30(36)32-23-33-31-16-8-10-18-38(31)44-39(33)25-37(32)43/h1-28H;1-27H;1-25H. The predicted octanol–water partition coefficient (Wildman–Crippen LogP) is 38.6. The van der Waals surface area contributed by atoms with E-state index in [-0.39, 0.29) is 0 Å². The fraction of sp³-hybridized carbons (Fsp3) is 0. The second-order valence-electron chi connectivity index (χ2n) is 38.4. The summed E-state index contributed by atoms with van der Waals surface area (Å²) in [5.41, 5.74) is 23.4. The summed E-state index contributed by atoms with van der Waals surface area (Å²) in [6.07, 6.45) is 0. The van der Waals surface area contributed by atoms with Gasteiger partial charge in [-0.05, 0) is 169 Å². The first-order valence-electron chi connectivity index (χ1n) is 50.1. The summed E-state index contributed by atoms with van der Waals surface area (Å²) in [7, 11) is 0. The predicted molar refractivity (Wildman–Crippen MR) is 634 cm³/mol. The molecule has 148 heavy (non-hydrogen) atoms. The van der Waals surface area contributed by atoms with Crippen LogP contribution in [0.25, 0.3) is 301 Å². The van der Waals surface area contributed by atoms with E-state index in [2.05, 4.69) is 467 Å². The third-order valence-corrected chi connectivity index (χ3v) is 34.9. The van der Waals surface area contributed by atoms with Crippen LogP contribution in [0.2, 0.25) is 0 Å². The lowest BCUT2D eigenvalue weighted by molar-refractivity contribution is 1.02. The van der Waals surface area contributed by atoms with Crippen LogP contribution in [0, 0.1) is 0 Å². The third kappa shape index (κ3) is 13.1. The number of thiophene rings is 4. The van der Waals surface area contributed by atoms with Crippen molar-refractivity contribution in [2.75, 3.05) is 0 Å². The lowest BCUT2D eigenvalue weighted by atomic mass is 9.98. The molecule has 0 unspecified atom stereocenters. The third-order valence-electron chi connectivity index (χ3n) is 30.2. The van der Waals surface area contributed by atoms with Crippen LogP contribution in [-0.2, 0) is 0 Å². The summed E-state index contributed by atoms with van der Waals surface area (Å²) >= 11 is 7.55. The molecule has 0 atom stereocenters. The molecule has 0 aliphatic carbocycles. The number of benzene rings is 23. The first-order chi connectivity index (χ1) is 73.4. The molecule has 10 aromatic heterocycles. The molecule has 688 valence electrons. The summed E-state index contributed by atoms with van der Waals surface area (Å²) < 4.78 is 20.3. The maximum absolute atomic E-state index is 5.50. The topological polar surface area (TPSA) is 71.3 Å². The second kappa shape index (κ2) is 33.6. The van der Waals surface area contributed by atoms with Gasteiger partial charge in [0.2, 0.25) is 5.95 Å². The molecular formula is C136H80N8S4. The van der Waals surface area contributed by atoms with Crippen LogP contribution in [0.4, 0.5) is 0 Å². The van der Waals surface area contributed by atoms with E-state index >= 15 is 0 Å². The van der Waals surface area contributed by atoms with Crippen LogP contribution in [0.1, 0.15) is 0 Å². The van der Waals surface area contributed by atoms with Gasteiger partial charge in [-0.1, -0.05) is 370 Å². The second-order valence-corrected chi connectivity index (χ2v) is 42.6. The summed E-state index contributed by atoms with van der Waals surface area (Å²) in [5.74, 6) is 1.40. The van der Waals surface area contributed by atoms with Gasteiger partial charge in [-0.25, -0.2) is 19.9 Å². The molecule has 0 aliphatic heterocycles. The van der Waals surface area contributed by atoms with Gasteiger partial charge in [0, 0.05) is 154 Å². The number of aromatic nitrogens is 8. The normalized spacial score (nSPS) is 12.1. The van der Waals surface area contributed by atoms with Crippen molar-refractivity contribution in [2.45, 2.75) is 0 Å². The Morgan fingerprint density at radius 2 is 0.541 bits per heavy atom. The van der Waals surface area contributed by atoms with E-state index in [1.165, 1.54) is 211 Å². The summed E-state index contributed by atoms with van der Waals surface area (Å²) in [6, 6.07) is 175. The van der Waals surface area contributed by atoms with E-state index in [0.717, 1.165) is 84.2 Å². The van der Waals surface area contributed by atoms with E-state index in [9.17, 15) is 0 Å². The Morgan fingerprint density at radius 3 is 1.05 bits per heavy atom.